The van der Waals surface area contributed by atoms with Gasteiger partial charge in [0.2, 0.25) is 5.91 Å². The number of thiol groups is 1. The Hall–Kier alpha value is -1.24. The van der Waals surface area contributed by atoms with E-state index < -0.39 is 18.0 Å². The fourth-order valence-electron chi connectivity index (χ4n) is 2.78. The molecule has 0 aromatic rings. The van der Waals surface area contributed by atoms with Gasteiger partial charge in [-0.3, -0.25) is 9.59 Å². The SMILES string of the molecule is O=C(O)CCCCCCCCCCCCCCC(=O)N[C@@H](CS)C(=O)O. The Morgan fingerprint density at radius 2 is 1.08 bits per heavy atom. The van der Waals surface area contributed by atoms with E-state index in [1.807, 2.05) is 0 Å². The summed E-state index contributed by atoms with van der Waals surface area (Å²) in [6.07, 6.45) is 13.8. The van der Waals surface area contributed by atoms with Gasteiger partial charge in [0.1, 0.15) is 6.04 Å². The minimum atomic E-state index is -1.05. The molecule has 0 bridgehead atoms. The summed E-state index contributed by atoms with van der Waals surface area (Å²) in [6.45, 7) is 0. The molecule has 0 spiro atoms. The van der Waals surface area contributed by atoms with Gasteiger partial charge in [-0.25, -0.2) is 4.79 Å². The van der Waals surface area contributed by atoms with Crippen molar-refractivity contribution in [3.63, 3.8) is 0 Å². The molecule has 7 heteroatoms. The number of nitrogens with one attached hydrogen (secondary N) is 1. The van der Waals surface area contributed by atoms with Gasteiger partial charge in [-0.15, -0.1) is 0 Å². The van der Waals surface area contributed by atoms with Gasteiger partial charge in [0.25, 0.3) is 0 Å². The molecule has 152 valence electrons. The first-order chi connectivity index (χ1) is 12.5. The predicted octanol–water partition coefficient (Wildman–Crippen LogP) is 4.03. The Morgan fingerprint density at radius 1 is 0.692 bits per heavy atom. The van der Waals surface area contributed by atoms with Gasteiger partial charge in [-0.1, -0.05) is 64.2 Å². The molecular formula is C19H35NO5S. The van der Waals surface area contributed by atoms with E-state index in [1.165, 1.54) is 38.5 Å². The van der Waals surface area contributed by atoms with Crippen molar-refractivity contribution in [2.45, 2.75) is 95.9 Å². The van der Waals surface area contributed by atoms with E-state index in [0.717, 1.165) is 38.5 Å². The van der Waals surface area contributed by atoms with Crippen LogP contribution in [0.2, 0.25) is 0 Å². The Balaban J connectivity index is 3.30. The Morgan fingerprint density at radius 3 is 1.42 bits per heavy atom. The molecule has 0 aliphatic rings. The van der Waals surface area contributed by atoms with E-state index in [2.05, 4.69) is 17.9 Å². The number of carbonyl (C=O) groups is 3. The Bertz CT molecular complexity index is 403. The number of carbonyl (C=O) groups excluding carboxylic acids is 1. The molecule has 0 unspecified atom stereocenters. The lowest BCUT2D eigenvalue weighted by Crippen LogP contribution is -2.42. The molecule has 0 aliphatic carbocycles. The van der Waals surface area contributed by atoms with Crippen LogP contribution in [-0.4, -0.2) is 39.9 Å². The smallest absolute Gasteiger partial charge is 0.327 e. The number of carboxylic acids is 2. The van der Waals surface area contributed by atoms with E-state index in [0.29, 0.717) is 6.42 Å². The molecule has 0 saturated carbocycles. The van der Waals surface area contributed by atoms with Crippen molar-refractivity contribution in [2.75, 3.05) is 5.75 Å². The number of aliphatic carboxylic acids is 2. The van der Waals surface area contributed by atoms with E-state index >= 15 is 0 Å². The zero-order chi connectivity index (χ0) is 19.6. The van der Waals surface area contributed by atoms with Crippen LogP contribution in [0, 0.1) is 0 Å². The lowest BCUT2D eigenvalue weighted by molar-refractivity contribution is -0.141. The van der Waals surface area contributed by atoms with Gasteiger partial charge in [-0.2, -0.15) is 12.6 Å². The van der Waals surface area contributed by atoms with Crippen molar-refractivity contribution in [2.24, 2.45) is 0 Å². The first kappa shape index (κ1) is 24.8. The Labute approximate surface area is 162 Å². The second kappa shape index (κ2) is 17.2. The summed E-state index contributed by atoms with van der Waals surface area (Å²) >= 11 is 3.91. The fraction of sp³-hybridized carbons (Fsp3) is 0.842. The topological polar surface area (TPSA) is 104 Å². The average molecular weight is 390 g/mol. The number of hydrogen-bond acceptors (Lipinski definition) is 4. The van der Waals surface area contributed by atoms with Crippen LogP contribution in [0.25, 0.3) is 0 Å². The third-order valence-corrected chi connectivity index (χ3v) is 4.73. The quantitative estimate of drug-likeness (QED) is 0.209. The molecule has 6 nitrogen and oxygen atoms in total. The summed E-state index contributed by atoms with van der Waals surface area (Å²) in [5, 5.41) is 19.9. The summed E-state index contributed by atoms with van der Waals surface area (Å²) in [5.41, 5.74) is 0. The van der Waals surface area contributed by atoms with Crippen LogP contribution in [0.1, 0.15) is 89.9 Å². The van der Waals surface area contributed by atoms with Crippen molar-refractivity contribution < 1.29 is 24.6 Å². The van der Waals surface area contributed by atoms with Crippen molar-refractivity contribution >= 4 is 30.5 Å². The zero-order valence-electron chi connectivity index (χ0n) is 15.8. The third-order valence-electron chi connectivity index (χ3n) is 4.36. The number of unbranched alkanes of at least 4 members (excludes halogenated alkanes) is 11. The molecule has 0 radical (unpaired) electrons. The molecular weight excluding hydrogens is 354 g/mol. The molecule has 1 atom stereocenters. The highest BCUT2D eigenvalue weighted by Gasteiger charge is 2.17. The second-order valence-electron chi connectivity index (χ2n) is 6.78. The van der Waals surface area contributed by atoms with Crippen LogP contribution in [0.15, 0.2) is 0 Å². The number of amides is 1. The van der Waals surface area contributed by atoms with Crippen LogP contribution in [0.3, 0.4) is 0 Å². The predicted molar refractivity (Wildman–Crippen MR) is 106 cm³/mol. The Kier molecular flexibility index (Phi) is 16.4. The van der Waals surface area contributed by atoms with Gasteiger partial charge in [-0.05, 0) is 12.8 Å². The van der Waals surface area contributed by atoms with Gasteiger partial charge in [0.05, 0.1) is 0 Å². The molecule has 0 aliphatic heterocycles. The van der Waals surface area contributed by atoms with Crippen molar-refractivity contribution in [3.8, 4) is 0 Å². The zero-order valence-corrected chi connectivity index (χ0v) is 16.6. The molecule has 0 aromatic heterocycles. The summed E-state index contributed by atoms with van der Waals surface area (Å²) < 4.78 is 0. The number of carboxylic acid groups (broad SMARTS) is 2. The van der Waals surface area contributed by atoms with Crippen molar-refractivity contribution in [1.29, 1.82) is 0 Å². The molecule has 0 aromatic carbocycles. The molecule has 1 amide bonds. The van der Waals surface area contributed by atoms with Crippen LogP contribution >= 0.6 is 12.6 Å². The van der Waals surface area contributed by atoms with E-state index in [-0.39, 0.29) is 18.1 Å². The van der Waals surface area contributed by atoms with E-state index in [4.69, 9.17) is 10.2 Å². The van der Waals surface area contributed by atoms with Gasteiger partial charge < -0.3 is 15.5 Å². The highest BCUT2D eigenvalue weighted by Crippen LogP contribution is 2.13. The van der Waals surface area contributed by atoms with Gasteiger partial charge in [0.15, 0.2) is 0 Å². The van der Waals surface area contributed by atoms with Crippen molar-refractivity contribution in [1.82, 2.24) is 5.32 Å². The normalized spacial score (nSPS) is 11.9. The maximum absolute atomic E-state index is 11.6. The second-order valence-corrected chi connectivity index (χ2v) is 7.14. The lowest BCUT2D eigenvalue weighted by Gasteiger charge is -2.11. The minimum absolute atomic E-state index is 0.101. The highest BCUT2D eigenvalue weighted by atomic mass is 32.1. The molecule has 26 heavy (non-hydrogen) atoms. The molecule has 0 heterocycles. The van der Waals surface area contributed by atoms with Crippen LogP contribution in [-0.2, 0) is 14.4 Å². The summed E-state index contributed by atoms with van der Waals surface area (Å²) in [4.78, 5) is 32.8. The number of rotatable bonds is 18. The summed E-state index contributed by atoms with van der Waals surface area (Å²) in [6, 6.07) is -0.900. The maximum atomic E-state index is 11.6. The van der Waals surface area contributed by atoms with Crippen LogP contribution in [0.5, 0.6) is 0 Å². The molecule has 0 fully saturated rings. The van der Waals surface area contributed by atoms with Crippen LogP contribution in [0.4, 0.5) is 0 Å². The summed E-state index contributed by atoms with van der Waals surface area (Å²) in [5.74, 6) is -1.86. The highest BCUT2D eigenvalue weighted by molar-refractivity contribution is 7.80. The molecule has 0 saturated heterocycles. The monoisotopic (exact) mass is 389 g/mol. The molecule has 0 rings (SSSR count). The summed E-state index contributed by atoms with van der Waals surface area (Å²) in [7, 11) is 0. The van der Waals surface area contributed by atoms with Gasteiger partial charge in [0, 0.05) is 18.6 Å². The third kappa shape index (κ3) is 16.2. The molecule has 3 N–H and O–H groups in total. The fourth-order valence-corrected chi connectivity index (χ4v) is 3.03. The first-order valence-corrected chi connectivity index (χ1v) is 10.5. The van der Waals surface area contributed by atoms with E-state index in [1.54, 1.807) is 0 Å². The standard InChI is InChI=1S/C19H35NO5S/c21-17(20-16(15-26)19(24)25)13-11-9-7-5-3-1-2-4-6-8-10-12-14-18(22)23/h16,26H,1-15H2,(H,20,21)(H,22,23)(H,24,25)/t16-/m0/s1. The van der Waals surface area contributed by atoms with Gasteiger partial charge >= 0.3 is 11.9 Å². The van der Waals surface area contributed by atoms with Crippen molar-refractivity contribution in [3.05, 3.63) is 0 Å². The lowest BCUT2D eigenvalue weighted by atomic mass is 10.0. The van der Waals surface area contributed by atoms with E-state index in [9.17, 15) is 14.4 Å². The minimum Gasteiger partial charge on any atom is -0.481 e. The maximum Gasteiger partial charge on any atom is 0.327 e. The number of hydrogen-bond donors (Lipinski definition) is 4. The largest absolute Gasteiger partial charge is 0.481 e. The van der Waals surface area contributed by atoms with Crippen LogP contribution < -0.4 is 5.32 Å². The first-order valence-electron chi connectivity index (χ1n) is 9.82. The average Bonchev–Trinajstić information content (AvgIpc) is 2.59.